The Morgan fingerprint density at radius 3 is 2.16 bits per heavy atom. The summed E-state index contributed by atoms with van der Waals surface area (Å²) in [7, 11) is 0. The van der Waals surface area contributed by atoms with Crippen molar-refractivity contribution in [3.63, 3.8) is 0 Å². The van der Waals surface area contributed by atoms with Gasteiger partial charge in [0.05, 0.1) is 6.10 Å². The molecule has 19 heavy (non-hydrogen) atoms. The number of hydrogen-bond acceptors (Lipinski definition) is 5. The number of carbonyl (C=O) groups excluding carboxylic acids is 2. The summed E-state index contributed by atoms with van der Waals surface area (Å²) in [6.07, 6.45) is -2.03. The fourth-order valence-electron chi connectivity index (χ4n) is 1.08. The SMILES string of the molecule is C[C@@H](O)[C@H](NC(=O)CNC(=O)OC(C)(C)C)C(=O)O. The van der Waals surface area contributed by atoms with E-state index in [-0.39, 0.29) is 0 Å². The lowest BCUT2D eigenvalue weighted by Crippen LogP contribution is -2.50. The first kappa shape index (κ1) is 17.2. The normalized spacial score (nSPS) is 14.2. The highest BCUT2D eigenvalue weighted by Crippen LogP contribution is 2.06. The second-order valence-corrected chi connectivity index (χ2v) is 4.98. The van der Waals surface area contributed by atoms with Crippen molar-refractivity contribution in [1.29, 1.82) is 0 Å². The van der Waals surface area contributed by atoms with Crippen LogP contribution in [0.3, 0.4) is 0 Å². The molecule has 0 fully saturated rings. The van der Waals surface area contributed by atoms with Crippen molar-refractivity contribution in [2.75, 3.05) is 6.54 Å². The van der Waals surface area contributed by atoms with Gasteiger partial charge in [-0.15, -0.1) is 0 Å². The zero-order valence-corrected chi connectivity index (χ0v) is 11.4. The fraction of sp³-hybridized carbons (Fsp3) is 0.727. The molecule has 0 unspecified atom stereocenters. The van der Waals surface area contributed by atoms with Crippen molar-refractivity contribution in [3.05, 3.63) is 0 Å². The molecule has 0 saturated carbocycles. The fourth-order valence-corrected chi connectivity index (χ4v) is 1.08. The summed E-state index contributed by atoms with van der Waals surface area (Å²) < 4.78 is 4.89. The molecule has 8 heteroatoms. The molecule has 0 aromatic carbocycles. The number of hydrogen-bond donors (Lipinski definition) is 4. The third-order valence-corrected chi connectivity index (χ3v) is 1.86. The predicted molar refractivity (Wildman–Crippen MR) is 65.5 cm³/mol. The Kier molecular flexibility index (Phi) is 6.26. The second kappa shape index (κ2) is 6.93. The Bertz CT molecular complexity index is 348. The van der Waals surface area contributed by atoms with E-state index in [2.05, 4.69) is 10.6 Å². The number of carboxylic acid groups (broad SMARTS) is 1. The van der Waals surface area contributed by atoms with Gasteiger partial charge in [0.1, 0.15) is 12.1 Å². The molecule has 0 bridgehead atoms. The summed E-state index contributed by atoms with van der Waals surface area (Å²) in [5, 5.41) is 22.1. The van der Waals surface area contributed by atoms with Crippen LogP contribution >= 0.6 is 0 Å². The molecule has 0 aromatic rings. The molecule has 2 atom stereocenters. The van der Waals surface area contributed by atoms with E-state index in [1.807, 2.05) is 0 Å². The van der Waals surface area contributed by atoms with E-state index in [0.29, 0.717) is 0 Å². The first-order chi connectivity index (χ1) is 8.53. The Morgan fingerprint density at radius 1 is 1.26 bits per heavy atom. The van der Waals surface area contributed by atoms with Crippen LogP contribution in [0.5, 0.6) is 0 Å². The molecule has 0 aliphatic rings. The molecule has 0 rings (SSSR count). The van der Waals surface area contributed by atoms with Crippen molar-refractivity contribution < 1.29 is 29.3 Å². The van der Waals surface area contributed by atoms with Crippen LogP contribution in [0.15, 0.2) is 0 Å². The number of carboxylic acids is 1. The van der Waals surface area contributed by atoms with Gasteiger partial charge in [-0.3, -0.25) is 4.79 Å². The molecule has 0 aromatic heterocycles. The Morgan fingerprint density at radius 2 is 1.79 bits per heavy atom. The maximum absolute atomic E-state index is 11.4. The minimum atomic E-state index is -1.42. The number of aliphatic hydroxyl groups is 1. The highest BCUT2D eigenvalue weighted by atomic mass is 16.6. The minimum absolute atomic E-state index is 0.439. The third kappa shape index (κ3) is 7.98. The zero-order valence-electron chi connectivity index (χ0n) is 11.4. The molecule has 0 heterocycles. The van der Waals surface area contributed by atoms with Gasteiger partial charge in [0, 0.05) is 0 Å². The van der Waals surface area contributed by atoms with E-state index in [0.717, 1.165) is 0 Å². The summed E-state index contributed by atoms with van der Waals surface area (Å²) >= 11 is 0. The predicted octanol–water partition coefficient (Wildman–Crippen LogP) is -0.539. The van der Waals surface area contributed by atoms with Crippen molar-refractivity contribution in [2.45, 2.75) is 45.4 Å². The van der Waals surface area contributed by atoms with E-state index in [9.17, 15) is 14.4 Å². The van der Waals surface area contributed by atoms with Crippen molar-refractivity contribution >= 4 is 18.0 Å². The smallest absolute Gasteiger partial charge is 0.408 e. The monoisotopic (exact) mass is 276 g/mol. The number of amides is 2. The van der Waals surface area contributed by atoms with Crippen LogP contribution in [-0.4, -0.2) is 52.5 Å². The van der Waals surface area contributed by atoms with Crippen LogP contribution in [0, 0.1) is 0 Å². The van der Waals surface area contributed by atoms with Gasteiger partial charge in [-0.05, 0) is 27.7 Å². The van der Waals surface area contributed by atoms with E-state index >= 15 is 0 Å². The van der Waals surface area contributed by atoms with Gasteiger partial charge in [0.15, 0.2) is 6.04 Å². The lowest BCUT2D eigenvalue weighted by atomic mass is 10.2. The Balaban J connectivity index is 4.19. The number of aliphatic hydroxyl groups excluding tert-OH is 1. The van der Waals surface area contributed by atoms with Gasteiger partial charge in [-0.1, -0.05) is 0 Å². The average Bonchev–Trinajstić information content (AvgIpc) is 2.19. The molecular weight excluding hydrogens is 256 g/mol. The standard InChI is InChI=1S/C11H20N2O6/c1-6(14)8(9(16)17)13-7(15)5-12-10(18)19-11(2,3)4/h6,8,14H,5H2,1-4H3,(H,12,18)(H,13,15)(H,16,17)/t6-,8+/m1/s1. The minimum Gasteiger partial charge on any atom is -0.480 e. The lowest BCUT2D eigenvalue weighted by Gasteiger charge is -2.20. The summed E-state index contributed by atoms with van der Waals surface area (Å²) in [5.74, 6) is -2.10. The Hall–Kier alpha value is -1.83. The topological polar surface area (TPSA) is 125 Å². The van der Waals surface area contributed by atoms with Gasteiger partial charge in [0.2, 0.25) is 5.91 Å². The molecule has 8 nitrogen and oxygen atoms in total. The maximum Gasteiger partial charge on any atom is 0.408 e. The van der Waals surface area contributed by atoms with Crippen molar-refractivity contribution in [3.8, 4) is 0 Å². The molecule has 0 radical (unpaired) electrons. The number of aliphatic carboxylic acids is 1. The molecular formula is C11H20N2O6. The number of nitrogens with one attached hydrogen (secondary N) is 2. The van der Waals surface area contributed by atoms with Gasteiger partial charge in [0.25, 0.3) is 0 Å². The van der Waals surface area contributed by atoms with Crippen LogP contribution in [0.2, 0.25) is 0 Å². The van der Waals surface area contributed by atoms with Gasteiger partial charge in [-0.25, -0.2) is 9.59 Å². The quantitative estimate of drug-likeness (QED) is 0.534. The largest absolute Gasteiger partial charge is 0.480 e. The molecule has 4 N–H and O–H groups in total. The average molecular weight is 276 g/mol. The molecule has 0 aliphatic heterocycles. The highest BCUT2D eigenvalue weighted by Gasteiger charge is 2.25. The second-order valence-electron chi connectivity index (χ2n) is 4.98. The number of carbonyl (C=O) groups is 3. The van der Waals surface area contributed by atoms with Crippen molar-refractivity contribution in [1.82, 2.24) is 10.6 Å². The van der Waals surface area contributed by atoms with Gasteiger partial charge in [-0.2, -0.15) is 0 Å². The number of ether oxygens (including phenoxy) is 1. The van der Waals surface area contributed by atoms with Gasteiger partial charge < -0.3 is 25.6 Å². The number of rotatable bonds is 5. The van der Waals surface area contributed by atoms with Crippen LogP contribution in [0.25, 0.3) is 0 Å². The first-order valence-electron chi connectivity index (χ1n) is 5.70. The molecule has 0 saturated heterocycles. The maximum atomic E-state index is 11.4. The first-order valence-corrected chi connectivity index (χ1v) is 5.70. The van der Waals surface area contributed by atoms with E-state index < -0.39 is 42.3 Å². The summed E-state index contributed by atoms with van der Waals surface area (Å²) in [6, 6.07) is -1.42. The highest BCUT2D eigenvalue weighted by molar-refractivity contribution is 5.86. The van der Waals surface area contributed by atoms with E-state index in [1.54, 1.807) is 20.8 Å². The molecule has 0 spiro atoms. The summed E-state index contributed by atoms with van der Waals surface area (Å²) in [5.41, 5.74) is -0.691. The summed E-state index contributed by atoms with van der Waals surface area (Å²) in [6.45, 7) is 5.80. The third-order valence-electron chi connectivity index (χ3n) is 1.86. The molecule has 0 aliphatic carbocycles. The van der Waals surface area contributed by atoms with Crippen LogP contribution in [0.4, 0.5) is 4.79 Å². The lowest BCUT2D eigenvalue weighted by molar-refractivity contribution is -0.144. The summed E-state index contributed by atoms with van der Waals surface area (Å²) in [4.78, 5) is 33.3. The van der Waals surface area contributed by atoms with E-state index in [4.69, 9.17) is 14.9 Å². The van der Waals surface area contributed by atoms with Crippen LogP contribution < -0.4 is 10.6 Å². The van der Waals surface area contributed by atoms with E-state index in [1.165, 1.54) is 6.92 Å². The van der Waals surface area contributed by atoms with Gasteiger partial charge >= 0.3 is 12.1 Å². The van der Waals surface area contributed by atoms with Crippen LogP contribution in [-0.2, 0) is 14.3 Å². The Labute approximate surface area is 111 Å². The zero-order chi connectivity index (χ0) is 15.2. The number of alkyl carbamates (subject to hydrolysis) is 1. The van der Waals surface area contributed by atoms with Crippen LogP contribution in [0.1, 0.15) is 27.7 Å². The molecule has 110 valence electrons. The molecule has 2 amide bonds. The van der Waals surface area contributed by atoms with Crippen molar-refractivity contribution in [2.24, 2.45) is 0 Å².